The third kappa shape index (κ3) is 2.88. The molecule has 0 aliphatic carbocycles. The van der Waals surface area contributed by atoms with Crippen LogP contribution in [0.2, 0.25) is 0 Å². The number of para-hydroxylation sites is 1. The Morgan fingerprint density at radius 1 is 1.17 bits per heavy atom. The predicted molar refractivity (Wildman–Crippen MR) is 89.2 cm³/mol. The van der Waals surface area contributed by atoms with Crippen LogP contribution in [0.1, 0.15) is 43.0 Å². The van der Waals surface area contributed by atoms with Crippen LogP contribution in [-0.4, -0.2) is 33.2 Å². The van der Waals surface area contributed by atoms with E-state index in [9.17, 15) is 0 Å². The van der Waals surface area contributed by atoms with Crippen molar-refractivity contribution in [2.24, 2.45) is 0 Å². The molecule has 120 valence electrons. The summed E-state index contributed by atoms with van der Waals surface area (Å²) < 4.78 is 5.62. The molecule has 1 saturated heterocycles. The molecule has 5 nitrogen and oxygen atoms in total. The summed E-state index contributed by atoms with van der Waals surface area (Å²) in [7, 11) is 0. The molecule has 0 atom stereocenters. The van der Waals surface area contributed by atoms with Crippen molar-refractivity contribution in [3.8, 4) is 0 Å². The highest BCUT2D eigenvalue weighted by molar-refractivity contribution is 5.83. The number of aromatic nitrogens is 3. The lowest BCUT2D eigenvalue weighted by Gasteiger charge is -2.30. The highest BCUT2D eigenvalue weighted by Crippen LogP contribution is 2.33. The zero-order valence-electron chi connectivity index (χ0n) is 13.5. The first-order valence-electron chi connectivity index (χ1n) is 8.43. The molecule has 5 heteroatoms. The van der Waals surface area contributed by atoms with Crippen molar-refractivity contribution in [2.45, 2.75) is 38.6 Å². The average molecular weight is 310 g/mol. The zero-order chi connectivity index (χ0) is 15.6. The largest absolute Gasteiger partial charge is 0.424 e. The number of fused-ring (bicyclic) bond motifs is 1. The fourth-order valence-electron chi connectivity index (χ4n) is 3.52. The fraction of sp³-hybridized carbons (Fsp3) is 0.444. The lowest BCUT2D eigenvalue weighted by molar-refractivity contribution is 0.187. The van der Waals surface area contributed by atoms with Crippen molar-refractivity contribution in [3.63, 3.8) is 0 Å². The van der Waals surface area contributed by atoms with Gasteiger partial charge in [-0.05, 0) is 43.5 Å². The topological polar surface area (TPSA) is 58.0 Å². The third-order valence-corrected chi connectivity index (χ3v) is 4.82. The first-order valence-corrected chi connectivity index (χ1v) is 8.43. The molecule has 1 aliphatic rings. The minimum absolute atomic E-state index is 0.635. The Morgan fingerprint density at radius 3 is 2.74 bits per heavy atom. The number of benzene rings is 1. The highest BCUT2D eigenvalue weighted by Gasteiger charge is 2.23. The lowest BCUT2D eigenvalue weighted by Crippen LogP contribution is -2.32. The van der Waals surface area contributed by atoms with E-state index in [4.69, 9.17) is 4.42 Å². The second-order valence-corrected chi connectivity index (χ2v) is 6.28. The van der Waals surface area contributed by atoms with E-state index in [-0.39, 0.29) is 0 Å². The smallest absolute Gasteiger partial charge is 0.230 e. The summed E-state index contributed by atoms with van der Waals surface area (Å²) in [6.07, 6.45) is 5.35. The summed E-state index contributed by atoms with van der Waals surface area (Å²) in [6.45, 7) is 4.96. The van der Waals surface area contributed by atoms with E-state index in [2.05, 4.69) is 50.5 Å². The number of aryl methyl sites for hydroxylation is 1. The standard InChI is InChI=1S/C18H22N4O/c1-2-17-20-21-18(23-17)12-22-9-7-13(8-10-22)15-11-19-16-6-4-3-5-14(15)16/h3-6,11,13,19H,2,7-10,12H2,1H3. The number of hydrogen-bond donors (Lipinski definition) is 1. The number of aromatic amines is 1. The molecule has 3 heterocycles. The molecule has 0 spiro atoms. The van der Waals surface area contributed by atoms with Gasteiger partial charge in [-0.2, -0.15) is 0 Å². The van der Waals surface area contributed by atoms with Gasteiger partial charge < -0.3 is 9.40 Å². The van der Waals surface area contributed by atoms with Gasteiger partial charge in [0.15, 0.2) is 0 Å². The van der Waals surface area contributed by atoms with Crippen LogP contribution >= 0.6 is 0 Å². The average Bonchev–Trinajstić information content (AvgIpc) is 3.22. The van der Waals surface area contributed by atoms with Gasteiger partial charge in [0.2, 0.25) is 11.8 Å². The Bertz CT molecular complexity index is 783. The van der Waals surface area contributed by atoms with Crippen LogP contribution in [0.4, 0.5) is 0 Å². The number of hydrogen-bond acceptors (Lipinski definition) is 4. The molecule has 0 bridgehead atoms. The second-order valence-electron chi connectivity index (χ2n) is 6.28. The Kier molecular flexibility index (Phi) is 3.87. The maximum Gasteiger partial charge on any atom is 0.230 e. The molecule has 4 rings (SSSR count). The molecule has 1 N–H and O–H groups in total. The minimum Gasteiger partial charge on any atom is -0.424 e. The molecule has 3 aromatic rings. The van der Waals surface area contributed by atoms with Crippen LogP contribution < -0.4 is 0 Å². The normalized spacial score (nSPS) is 17.1. The van der Waals surface area contributed by atoms with Gasteiger partial charge in [-0.1, -0.05) is 25.1 Å². The molecule has 1 aromatic carbocycles. The number of likely N-dealkylation sites (tertiary alicyclic amines) is 1. The van der Waals surface area contributed by atoms with Crippen LogP contribution in [0, 0.1) is 0 Å². The van der Waals surface area contributed by atoms with Crippen LogP contribution in [0.25, 0.3) is 10.9 Å². The van der Waals surface area contributed by atoms with Gasteiger partial charge in [0.1, 0.15) is 0 Å². The Morgan fingerprint density at radius 2 is 1.96 bits per heavy atom. The van der Waals surface area contributed by atoms with Crippen LogP contribution in [0.15, 0.2) is 34.9 Å². The highest BCUT2D eigenvalue weighted by atomic mass is 16.4. The summed E-state index contributed by atoms with van der Waals surface area (Å²) in [5, 5.41) is 9.54. The molecule has 0 unspecified atom stereocenters. The number of nitrogens with zero attached hydrogens (tertiary/aromatic N) is 3. The number of piperidine rings is 1. The number of H-pyrrole nitrogens is 1. The summed E-state index contributed by atoms with van der Waals surface area (Å²) >= 11 is 0. The Balaban J connectivity index is 1.40. The molecule has 0 saturated carbocycles. The van der Waals surface area contributed by atoms with Crippen LogP contribution in [-0.2, 0) is 13.0 Å². The molecular weight excluding hydrogens is 288 g/mol. The molecule has 2 aromatic heterocycles. The Labute approximate surface area is 135 Å². The fourth-order valence-corrected chi connectivity index (χ4v) is 3.52. The van der Waals surface area contributed by atoms with Crippen molar-refractivity contribution in [1.82, 2.24) is 20.1 Å². The van der Waals surface area contributed by atoms with Crippen LogP contribution in [0.3, 0.4) is 0 Å². The molecule has 1 fully saturated rings. The number of rotatable bonds is 4. The summed E-state index contributed by atoms with van der Waals surface area (Å²) in [4.78, 5) is 5.81. The summed E-state index contributed by atoms with van der Waals surface area (Å²) in [6, 6.07) is 8.57. The first kappa shape index (κ1) is 14.5. The van der Waals surface area contributed by atoms with E-state index in [0.717, 1.165) is 37.8 Å². The van der Waals surface area contributed by atoms with Gasteiger partial charge in [-0.3, -0.25) is 4.90 Å². The minimum atomic E-state index is 0.635. The van der Waals surface area contributed by atoms with Crippen molar-refractivity contribution in [2.75, 3.05) is 13.1 Å². The molecule has 23 heavy (non-hydrogen) atoms. The Hall–Kier alpha value is -2.14. The summed E-state index contributed by atoms with van der Waals surface area (Å²) in [5.74, 6) is 2.11. The van der Waals surface area contributed by atoms with E-state index in [1.807, 2.05) is 6.92 Å². The molecule has 0 amide bonds. The quantitative estimate of drug-likeness (QED) is 0.801. The monoisotopic (exact) mass is 310 g/mol. The van der Waals surface area contributed by atoms with Gasteiger partial charge in [-0.25, -0.2) is 0 Å². The van der Waals surface area contributed by atoms with Gasteiger partial charge in [0, 0.05) is 23.5 Å². The third-order valence-electron chi connectivity index (χ3n) is 4.82. The van der Waals surface area contributed by atoms with E-state index in [1.165, 1.54) is 29.3 Å². The number of nitrogens with one attached hydrogen (secondary N) is 1. The van der Waals surface area contributed by atoms with Crippen molar-refractivity contribution < 1.29 is 4.42 Å². The lowest BCUT2D eigenvalue weighted by atomic mass is 9.89. The van der Waals surface area contributed by atoms with Gasteiger partial charge in [-0.15, -0.1) is 10.2 Å². The van der Waals surface area contributed by atoms with E-state index < -0.39 is 0 Å². The van der Waals surface area contributed by atoms with Gasteiger partial charge in [0.25, 0.3) is 0 Å². The van der Waals surface area contributed by atoms with Crippen molar-refractivity contribution in [3.05, 3.63) is 47.8 Å². The van der Waals surface area contributed by atoms with E-state index >= 15 is 0 Å². The SMILES string of the molecule is CCc1nnc(CN2CCC(c3c[nH]c4ccccc34)CC2)o1. The van der Waals surface area contributed by atoms with Crippen molar-refractivity contribution >= 4 is 10.9 Å². The zero-order valence-corrected chi connectivity index (χ0v) is 13.5. The second kappa shape index (κ2) is 6.16. The first-order chi connectivity index (χ1) is 11.3. The summed E-state index contributed by atoms with van der Waals surface area (Å²) in [5.41, 5.74) is 2.70. The van der Waals surface area contributed by atoms with Crippen molar-refractivity contribution in [1.29, 1.82) is 0 Å². The van der Waals surface area contributed by atoms with E-state index in [1.54, 1.807) is 0 Å². The van der Waals surface area contributed by atoms with Gasteiger partial charge >= 0.3 is 0 Å². The molecule has 1 aliphatic heterocycles. The molecular formula is C18H22N4O. The maximum absolute atomic E-state index is 5.62. The predicted octanol–water partition coefficient (Wildman–Crippen LogP) is 3.49. The maximum atomic E-state index is 5.62. The van der Waals surface area contributed by atoms with Crippen LogP contribution in [0.5, 0.6) is 0 Å². The van der Waals surface area contributed by atoms with Gasteiger partial charge in [0.05, 0.1) is 6.54 Å². The molecule has 0 radical (unpaired) electrons. The van der Waals surface area contributed by atoms with E-state index in [0.29, 0.717) is 5.92 Å².